The number of carbonyl (C=O) groups is 1. The predicted molar refractivity (Wildman–Crippen MR) is 70.3 cm³/mol. The number of esters is 1. The van der Waals surface area contributed by atoms with Crippen molar-refractivity contribution >= 4 is 11.6 Å². The smallest absolute Gasteiger partial charge is 0.344 e. The fourth-order valence-corrected chi connectivity index (χ4v) is 2.01. The van der Waals surface area contributed by atoms with E-state index < -0.39 is 5.97 Å². The Labute approximate surface area is 115 Å². The molecule has 0 saturated carbocycles. The Morgan fingerprint density at radius 1 is 1.45 bits per heavy atom. The maximum atomic E-state index is 12.2. The normalized spacial score (nSPS) is 10.9. The van der Waals surface area contributed by atoms with E-state index in [9.17, 15) is 4.79 Å². The first-order valence-electron chi connectivity index (χ1n) is 6.17. The SMILES string of the molecule is Cc1nn2cccnc2c1C(=O)OCc1ccoc1C. The molecule has 102 valence electrons. The van der Waals surface area contributed by atoms with Gasteiger partial charge in [0.25, 0.3) is 0 Å². The average molecular weight is 271 g/mol. The summed E-state index contributed by atoms with van der Waals surface area (Å²) < 4.78 is 12.0. The molecule has 3 heterocycles. The van der Waals surface area contributed by atoms with Gasteiger partial charge in [0.05, 0.1) is 12.0 Å². The Bertz CT molecular complexity index is 773. The van der Waals surface area contributed by atoms with Gasteiger partial charge in [-0.15, -0.1) is 0 Å². The molecule has 20 heavy (non-hydrogen) atoms. The second kappa shape index (κ2) is 4.80. The van der Waals surface area contributed by atoms with Crippen molar-refractivity contribution < 1.29 is 13.9 Å². The first-order chi connectivity index (χ1) is 9.66. The van der Waals surface area contributed by atoms with E-state index >= 15 is 0 Å². The van der Waals surface area contributed by atoms with E-state index in [1.807, 2.05) is 6.92 Å². The standard InChI is InChI=1S/C14H13N3O3/c1-9-12(13-15-5-3-6-17(13)16-9)14(18)20-8-11-4-7-19-10(11)2/h3-7H,8H2,1-2H3. The summed E-state index contributed by atoms with van der Waals surface area (Å²) in [5.41, 5.74) is 2.34. The van der Waals surface area contributed by atoms with Gasteiger partial charge in [-0.3, -0.25) is 0 Å². The minimum absolute atomic E-state index is 0.171. The Kier molecular flexibility index (Phi) is 2.98. The molecule has 0 aromatic carbocycles. The van der Waals surface area contributed by atoms with Crippen LogP contribution < -0.4 is 0 Å². The molecular weight excluding hydrogens is 258 g/mol. The minimum Gasteiger partial charge on any atom is -0.469 e. The second-order valence-electron chi connectivity index (χ2n) is 4.43. The van der Waals surface area contributed by atoms with Crippen molar-refractivity contribution in [1.82, 2.24) is 14.6 Å². The molecule has 0 radical (unpaired) electrons. The molecule has 0 fully saturated rings. The van der Waals surface area contributed by atoms with Crippen LogP contribution in [-0.4, -0.2) is 20.6 Å². The lowest BCUT2D eigenvalue weighted by Crippen LogP contribution is -2.07. The summed E-state index contributed by atoms with van der Waals surface area (Å²) in [6.07, 6.45) is 4.93. The Morgan fingerprint density at radius 3 is 3.05 bits per heavy atom. The van der Waals surface area contributed by atoms with Crippen LogP contribution in [0.25, 0.3) is 5.65 Å². The summed E-state index contributed by atoms with van der Waals surface area (Å²) >= 11 is 0. The van der Waals surface area contributed by atoms with Crippen LogP contribution in [0.4, 0.5) is 0 Å². The molecule has 0 amide bonds. The number of hydrogen-bond acceptors (Lipinski definition) is 5. The van der Waals surface area contributed by atoms with Gasteiger partial charge in [-0.05, 0) is 26.0 Å². The molecule has 0 N–H and O–H groups in total. The third-order valence-electron chi connectivity index (χ3n) is 3.10. The summed E-state index contributed by atoms with van der Waals surface area (Å²) in [6.45, 7) is 3.75. The van der Waals surface area contributed by atoms with Gasteiger partial charge in [0.15, 0.2) is 5.65 Å². The van der Waals surface area contributed by atoms with Gasteiger partial charge in [-0.1, -0.05) is 0 Å². The number of nitrogens with zero attached hydrogens (tertiary/aromatic N) is 3. The van der Waals surface area contributed by atoms with Crippen molar-refractivity contribution in [3.05, 3.63) is 53.4 Å². The van der Waals surface area contributed by atoms with Gasteiger partial charge in [0.2, 0.25) is 0 Å². The van der Waals surface area contributed by atoms with Crippen LogP contribution in [0.15, 0.2) is 35.2 Å². The maximum absolute atomic E-state index is 12.2. The number of rotatable bonds is 3. The number of ether oxygens (including phenoxy) is 1. The van der Waals surface area contributed by atoms with Crippen molar-refractivity contribution in [3.63, 3.8) is 0 Å². The third kappa shape index (κ3) is 2.05. The first-order valence-corrected chi connectivity index (χ1v) is 6.17. The second-order valence-corrected chi connectivity index (χ2v) is 4.43. The molecular formula is C14H13N3O3. The minimum atomic E-state index is -0.434. The number of fused-ring (bicyclic) bond motifs is 1. The van der Waals surface area contributed by atoms with Crippen LogP contribution >= 0.6 is 0 Å². The summed E-state index contributed by atoms with van der Waals surface area (Å²) in [4.78, 5) is 16.4. The van der Waals surface area contributed by atoms with E-state index in [4.69, 9.17) is 9.15 Å². The monoisotopic (exact) mass is 271 g/mol. The van der Waals surface area contributed by atoms with Crippen molar-refractivity contribution in [2.24, 2.45) is 0 Å². The van der Waals surface area contributed by atoms with Gasteiger partial charge >= 0.3 is 5.97 Å². The van der Waals surface area contributed by atoms with E-state index in [0.717, 1.165) is 11.3 Å². The average Bonchev–Trinajstić information content (AvgIpc) is 2.98. The van der Waals surface area contributed by atoms with Gasteiger partial charge in [0, 0.05) is 18.0 Å². The Hall–Kier alpha value is -2.63. The molecule has 0 bridgehead atoms. The van der Waals surface area contributed by atoms with Crippen molar-refractivity contribution in [3.8, 4) is 0 Å². The van der Waals surface area contributed by atoms with Crippen molar-refractivity contribution in [1.29, 1.82) is 0 Å². The highest BCUT2D eigenvalue weighted by Gasteiger charge is 2.19. The molecule has 3 rings (SSSR count). The topological polar surface area (TPSA) is 69.6 Å². The van der Waals surface area contributed by atoms with E-state index in [1.54, 1.807) is 42.2 Å². The molecule has 0 spiro atoms. The largest absolute Gasteiger partial charge is 0.469 e. The van der Waals surface area contributed by atoms with Crippen LogP contribution in [0.2, 0.25) is 0 Å². The zero-order valence-electron chi connectivity index (χ0n) is 11.2. The molecule has 0 saturated heterocycles. The molecule has 0 aliphatic heterocycles. The van der Waals surface area contributed by atoms with E-state index in [1.165, 1.54) is 0 Å². The number of hydrogen-bond donors (Lipinski definition) is 0. The highest BCUT2D eigenvalue weighted by Crippen LogP contribution is 2.16. The number of furan rings is 1. The highest BCUT2D eigenvalue weighted by molar-refractivity contribution is 5.97. The van der Waals surface area contributed by atoms with Crippen LogP contribution in [-0.2, 0) is 11.3 Å². The van der Waals surface area contributed by atoms with Gasteiger partial charge in [-0.25, -0.2) is 14.3 Å². The lowest BCUT2D eigenvalue weighted by molar-refractivity contribution is 0.0472. The van der Waals surface area contributed by atoms with Crippen LogP contribution in [0.1, 0.15) is 27.4 Å². The van der Waals surface area contributed by atoms with Crippen LogP contribution in [0, 0.1) is 13.8 Å². The molecule has 0 aliphatic rings. The van der Waals surface area contributed by atoms with Crippen molar-refractivity contribution in [2.45, 2.75) is 20.5 Å². The van der Waals surface area contributed by atoms with E-state index in [0.29, 0.717) is 16.9 Å². The zero-order chi connectivity index (χ0) is 14.1. The zero-order valence-corrected chi connectivity index (χ0v) is 11.2. The summed E-state index contributed by atoms with van der Waals surface area (Å²) in [6, 6.07) is 3.53. The molecule has 0 unspecified atom stereocenters. The molecule has 6 nitrogen and oxygen atoms in total. The molecule has 3 aromatic rings. The molecule has 6 heteroatoms. The lowest BCUT2D eigenvalue weighted by Gasteiger charge is -2.03. The Balaban J connectivity index is 1.86. The summed E-state index contributed by atoms with van der Waals surface area (Å²) in [5.74, 6) is 0.310. The van der Waals surface area contributed by atoms with E-state index in [-0.39, 0.29) is 6.61 Å². The molecule has 0 aliphatic carbocycles. The number of carbonyl (C=O) groups excluding carboxylic acids is 1. The van der Waals surface area contributed by atoms with Gasteiger partial charge in [0.1, 0.15) is 17.9 Å². The molecule has 0 atom stereocenters. The Morgan fingerprint density at radius 2 is 2.30 bits per heavy atom. The van der Waals surface area contributed by atoms with Crippen LogP contribution in [0.5, 0.6) is 0 Å². The van der Waals surface area contributed by atoms with Gasteiger partial charge in [-0.2, -0.15) is 5.10 Å². The summed E-state index contributed by atoms with van der Waals surface area (Å²) in [7, 11) is 0. The third-order valence-corrected chi connectivity index (χ3v) is 3.10. The first kappa shape index (κ1) is 12.4. The number of aryl methyl sites for hydroxylation is 2. The fourth-order valence-electron chi connectivity index (χ4n) is 2.01. The maximum Gasteiger partial charge on any atom is 0.344 e. The summed E-state index contributed by atoms with van der Waals surface area (Å²) in [5, 5.41) is 4.23. The lowest BCUT2D eigenvalue weighted by atomic mass is 10.2. The van der Waals surface area contributed by atoms with E-state index in [2.05, 4.69) is 10.1 Å². The number of aromatic nitrogens is 3. The van der Waals surface area contributed by atoms with Crippen LogP contribution in [0.3, 0.4) is 0 Å². The molecule has 3 aromatic heterocycles. The fraction of sp³-hybridized carbons (Fsp3) is 0.214. The quantitative estimate of drug-likeness (QED) is 0.683. The van der Waals surface area contributed by atoms with Crippen molar-refractivity contribution in [2.75, 3.05) is 0 Å². The highest BCUT2D eigenvalue weighted by atomic mass is 16.5. The predicted octanol–water partition coefficient (Wildman–Crippen LogP) is 2.30. The van der Waals surface area contributed by atoms with Gasteiger partial charge < -0.3 is 9.15 Å².